The molecule has 0 amide bonds. The minimum absolute atomic E-state index is 0.610. The van der Waals surface area contributed by atoms with Crippen molar-refractivity contribution in [2.75, 3.05) is 19.6 Å². The average molecular weight is 271 g/mol. The van der Waals surface area contributed by atoms with Crippen molar-refractivity contribution in [2.45, 2.75) is 38.8 Å². The SMILES string of the molecule is CC1CN(Cc2ccccc2)CCC1NC1=NCCC1. The highest BCUT2D eigenvalue weighted by Crippen LogP contribution is 2.19. The molecule has 108 valence electrons. The number of nitrogens with one attached hydrogen (secondary N) is 1. The fourth-order valence-corrected chi connectivity index (χ4v) is 3.30. The quantitative estimate of drug-likeness (QED) is 0.915. The molecule has 0 saturated carbocycles. The highest BCUT2D eigenvalue weighted by molar-refractivity contribution is 5.83. The average Bonchev–Trinajstić information content (AvgIpc) is 2.96. The molecule has 2 aliphatic rings. The molecule has 2 atom stereocenters. The monoisotopic (exact) mass is 271 g/mol. The summed E-state index contributed by atoms with van der Waals surface area (Å²) in [6.45, 7) is 6.83. The second kappa shape index (κ2) is 6.40. The number of hydrogen-bond acceptors (Lipinski definition) is 3. The van der Waals surface area contributed by atoms with Crippen LogP contribution in [-0.2, 0) is 6.54 Å². The van der Waals surface area contributed by atoms with Gasteiger partial charge in [-0.1, -0.05) is 37.3 Å². The fourth-order valence-electron chi connectivity index (χ4n) is 3.30. The highest BCUT2D eigenvalue weighted by atomic mass is 15.2. The smallest absolute Gasteiger partial charge is 0.0965 e. The molecule has 0 aromatic heterocycles. The van der Waals surface area contributed by atoms with E-state index in [2.05, 4.69) is 52.5 Å². The molecule has 0 spiro atoms. The summed E-state index contributed by atoms with van der Waals surface area (Å²) in [5.74, 6) is 1.94. The molecular formula is C17H25N3. The van der Waals surface area contributed by atoms with Crippen molar-refractivity contribution in [3.8, 4) is 0 Å². The Morgan fingerprint density at radius 3 is 2.85 bits per heavy atom. The first-order valence-electron chi connectivity index (χ1n) is 7.87. The molecule has 20 heavy (non-hydrogen) atoms. The number of amidine groups is 1. The lowest BCUT2D eigenvalue weighted by Crippen LogP contribution is -2.49. The number of nitrogens with zero attached hydrogens (tertiary/aromatic N) is 2. The van der Waals surface area contributed by atoms with Gasteiger partial charge in [-0.2, -0.15) is 0 Å². The van der Waals surface area contributed by atoms with Crippen LogP contribution in [0.1, 0.15) is 31.7 Å². The Kier molecular flexibility index (Phi) is 4.36. The van der Waals surface area contributed by atoms with Crippen LogP contribution < -0.4 is 5.32 Å². The van der Waals surface area contributed by atoms with E-state index in [1.807, 2.05) is 0 Å². The van der Waals surface area contributed by atoms with Crippen LogP contribution in [0.4, 0.5) is 0 Å². The van der Waals surface area contributed by atoms with Crippen LogP contribution in [0.3, 0.4) is 0 Å². The third-order valence-corrected chi connectivity index (χ3v) is 4.46. The molecule has 2 unspecified atom stereocenters. The Bertz CT molecular complexity index is 455. The summed E-state index contributed by atoms with van der Waals surface area (Å²) in [6.07, 6.45) is 3.60. The first-order valence-corrected chi connectivity index (χ1v) is 7.87. The van der Waals surface area contributed by atoms with Gasteiger partial charge in [-0.25, -0.2) is 0 Å². The van der Waals surface area contributed by atoms with E-state index in [4.69, 9.17) is 0 Å². The zero-order chi connectivity index (χ0) is 13.8. The van der Waals surface area contributed by atoms with E-state index in [9.17, 15) is 0 Å². The summed E-state index contributed by atoms with van der Waals surface area (Å²) in [5.41, 5.74) is 1.42. The third kappa shape index (κ3) is 3.40. The van der Waals surface area contributed by atoms with Crippen LogP contribution in [0, 0.1) is 5.92 Å². The Hall–Kier alpha value is -1.35. The largest absolute Gasteiger partial charge is 0.371 e. The molecular weight excluding hydrogens is 246 g/mol. The number of benzene rings is 1. The van der Waals surface area contributed by atoms with E-state index < -0.39 is 0 Å². The summed E-state index contributed by atoms with van der Waals surface area (Å²) in [7, 11) is 0. The minimum atomic E-state index is 0.610. The molecule has 0 bridgehead atoms. The Labute approximate surface area is 122 Å². The molecule has 1 N–H and O–H groups in total. The van der Waals surface area contributed by atoms with Gasteiger partial charge in [-0.15, -0.1) is 0 Å². The molecule has 1 fully saturated rings. The molecule has 0 radical (unpaired) electrons. The maximum Gasteiger partial charge on any atom is 0.0965 e. The van der Waals surface area contributed by atoms with E-state index in [1.165, 1.54) is 37.3 Å². The molecule has 3 rings (SSSR count). The van der Waals surface area contributed by atoms with Crippen molar-refractivity contribution >= 4 is 5.84 Å². The normalized spacial score (nSPS) is 27.4. The summed E-state index contributed by atoms with van der Waals surface area (Å²) in [6, 6.07) is 11.4. The number of likely N-dealkylation sites (tertiary alicyclic amines) is 1. The van der Waals surface area contributed by atoms with Crippen molar-refractivity contribution in [3.63, 3.8) is 0 Å². The highest BCUT2D eigenvalue weighted by Gasteiger charge is 2.26. The Morgan fingerprint density at radius 2 is 2.15 bits per heavy atom. The lowest BCUT2D eigenvalue weighted by Gasteiger charge is -2.37. The summed E-state index contributed by atoms with van der Waals surface area (Å²) in [4.78, 5) is 7.12. The van der Waals surface area contributed by atoms with Crippen molar-refractivity contribution < 1.29 is 0 Å². The topological polar surface area (TPSA) is 27.6 Å². The predicted molar refractivity (Wildman–Crippen MR) is 84.0 cm³/mol. The second-order valence-electron chi connectivity index (χ2n) is 6.17. The first-order chi connectivity index (χ1) is 9.81. The minimum Gasteiger partial charge on any atom is -0.371 e. The van der Waals surface area contributed by atoms with E-state index in [-0.39, 0.29) is 0 Å². The van der Waals surface area contributed by atoms with Gasteiger partial charge in [-0.05, 0) is 24.3 Å². The van der Waals surface area contributed by atoms with Crippen molar-refractivity contribution in [1.82, 2.24) is 10.2 Å². The van der Waals surface area contributed by atoms with Gasteiger partial charge in [0, 0.05) is 38.6 Å². The molecule has 1 saturated heterocycles. The summed E-state index contributed by atoms with van der Waals surface area (Å²) >= 11 is 0. The molecule has 0 aliphatic carbocycles. The van der Waals surface area contributed by atoms with Crippen molar-refractivity contribution in [2.24, 2.45) is 10.9 Å². The van der Waals surface area contributed by atoms with Crippen molar-refractivity contribution in [3.05, 3.63) is 35.9 Å². The number of piperidine rings is 1. The first kappa shape index (κ1) is 13.6. The number of rotatable bonds is 3. The summed E-state index contributed by atoms with van der Waals surface area (Å²) < 4.78 is 0. The molecule has 3 heteroatoms. The standard InChI is InChI=1S/C17H25N3/c1-14-12-20(13-15-6-3-2-4-7-15)11-9-16(14)19-17-8-5-10-18-17/h2-4,6-7,14,16H,5,8-13H2,1H3,(H,18,19). The maximum atomic E-state index is 4.54. The zero-order valence-electron chi connectivity index (χ0n) is 12.4. The van der Waals surface area contributed by atoms with Gasteiger partial charge in [0.15, 0.2) is 0 Å². The molecule has 2 aliphatic heterocycles. The van der Waals surface area contributed by atoms with Gasteiger partial charge in [0.2, 0.25) is 0 Å². The van der Waals surface area contributed by atoms with Crippen LogP contribution in [-0.4, -0.2) is 36.4 Å². The van der Waals surface area contributed by atoms with Gasteiger partial charge in [-0.3, -0.25) is 9.89 Å². The van der Waals surface area contributed by atoms with Crippen LogP contribution >= 0.6 is 0 Å². The van der Waals surface area contributed by atoms with Crippen LogP contribution in [0.5, 0.6) is 0 Å². The molecule has 1 aromatic carbocycles. The van der Waals surface area contributed by atoms with E-state index >= 15 is 0 Å². The lowest BCUT2D eigenvalue weighted by atomic mass is 9.93. The van der Waals surface area contributed by atoms with Gasteiger partial charge >= 0.3 is 0 Å². The van der Waals surface area contributed by atoms with Gasteiger partial charge in [0.25, 0.3) is 0 Å². The van der Waals surface area contributed by atoms with Crippen molar-refractivity contribution in [1.29, 1.82) is 0 Å². The predicted octanol–water partition coefficient (Wildman–Crippen LogP) is 2.68. The van der Waals surface area contributed by atoms with Crippen LogP contribution in [0.15, 0.2) is 35.3 Å². The second-order valence-corrected chi connectivity index (χ2v) is 6.17. The number of aliphatic imine (C=N–C) groups is 1. The lowest BCUT2D eigenvalue weighted by molar-refractivity contribution is 0.149. The van der Waals surface area contributed by atoms with E-state index in [1.54, 1.807) is 0 Å². The van der Waals surface area contributed by atoms with Gasteiger partial charge in [0.05, 0.1) is 5.84 Å². The molecule has 1 aromatic rings. The number of hydrogen-bond donors (Lipinski definition) is 1. The maximum absolute atomic E-state index is 4.54. The van der Waals surface area contributed by atoms with E-state index in [0.29, 0.717) is 12.0 Å². The van der Waals surface area contributed by atoms with Gasteiger partial charge in [0.1, 0.15) is 0 Å². The van der Waals surface area contributed by atoms with E-state index in [0.717, 1.165) is 19.5 Å². The van der Waals surface area contributed by atoms with Crippen LogP contribution in [0.2, 0.25) is 0 Å². The van der Waals surface area contributed by atoms with Crippen LogP contribution in [0.25, 0.3) is 0 Å². The fraction of sp³-hybridized carbons (Fsp3) is 0.588. The Balaban J connectivity index is 1.51. The molecule has 2 heterocycles. The zero-order valence-corrected chi connectivity index (χ0v) is 12.4. The Morgan fingerprint density at radius 1 is 1.30 bits per heavy atom. The summed E-state index contributed by atoms with van der Waals surface area (Å²) in [5, 5.41) is 3.68. The van der Waals surface area contributed by atoms with Gasteiger partial charge < -0.3 is 5.32 Å². The third-order valence-electron chi connectivity index (χ3n) is 4.46. The molecule has 3 nitrogen and oxygen atoms in total.